The quantitative estimate of drug-likeness (QED) is 0.508. The summed E-state index contributed by atoms with van der Waals surface area (Å²) >= 11 is 0. The van der Waals surface area contributed by atoms with Gasteiger partial charge in [-0.15, -0.1) is 0 Å². The van der Waals surface area contributed by atoms with E-state index >= 15 is 0 Å². The Morgan fingerprint density at radius 1 is 1.00 bits per heavy atom. The van der Waals surface area contributed by atoms with Crippen LogP contribution in [0.4, 0.5) is 14.5 Å². The van der Waals surface area contributed by atoms with Crippen molar-refractivity contribution < 1.29 is 27.9 Å². The van der Waals surface area contributed by atoms with Crippen molar-refractivity contribution in [3.63, 3.8) is 0 Å². The summed E-state index contributed by atoms with van der Waals surface area (Å²) in [4.78, 5) is 36.3. The molecule has 0 aliphatic rings. The number of hydrogen-bond acceptors (Lipinski definition) is 5. The van der Waals surface area contributed by atoms with Gasteiger partial charge in [0.1, 0.15) is 5.56 Å². The molecule has 2 amide bonds. The Labute approximate surface area is 188 Å². The maximum Gasteiger partial charge on any atom is 0.342 e. The van der Waals surface area contributed by atoms with Crippen LogP contribution >= 0.6 is 0 Å². The van der Waals surface area contributed by atoms with Crippen molar-refractivity contribution in [1.29, 1.82) is 0 Å². The van der Waals surface area contributed by atoms with Gasteiger partial charge in [0.15, 0.2) is 18.2 Å². The molecule has 2 aromatic carbocycles. The zero-order chi connectivity index (χ0) is 24.0. The molecule has 3 aromatic rings. The minimum atomic E-state index is -1.11. The third-order valence-electron chi connectivity index (χ3n) is 4.74. The topological polar surface area (TPSA) is 102 Å². The first-order chi connectivity index (χ1) is 15.7. The molecule has 0 unspecified atom stereocenters. The van der Waals surface area contributed by atoms with Crippen molar-refractivity contribution in [2.75, 3.05) is 18.5 Å². The first kappa shape index (κ1) is 23.6. The van der Waals surface area contributed by atoms with E-state index in [1.807, 2.05) is 30.3 Å². The fourth-order valence-electron chi connectivity index (χ4n) is 3.11. The van der Waals surface area contributed by atoms with Gasteiger partial charge in [-0.05, 0) is 31.5 Å². The molecule has 10 heteroatoms. The Hall–Kier alpha value is -4.08. The van der Waals surface area contributed by atoms with Gasteiger partial charge in [-0.3, -0.25) is 14.3 Å². The van der Waals surface area contributed by atoms with Gasteiger partial charge in [0.2, 0.25) is 5.91 Å². The van der Waals surface area contributed by atoms with E-state index in [1.165, 1.54) is 6.07 Å². The molecule has 1 heterocycles. The fraction of sp³-hybridized carbons (Fsp3) is 0.217. The number of ether oxygens (including phenoxy) is 1. The van der Waals surface area contributed by atoms with Gasteiger partial charge >= 0.3 is 5.97 Å². The van der Waals surface area contributed by atoms with Gasteiger partial charge in [-0.1, -0.05) is 30.3 Å². The standard InChI is InChI=1S/C23H22F2N4O4/c1-14-22(15(2)29(28-14)12-16-6-4-3-5-7-16)23(32)33-13-21(31)26-11-20(30)27-17-8-9-18(24)19(25)10-17/h3-10H,11-13H2,1-2H3,(H,26,31)(H,27,30). The largest absolute Gasteiger partial charge is 0.452 e. The van der Waals surface area contributed by atoms with Crippen LogP contribution in [0.25, 0.3) is 0 Å². The maximum absolute atomic E-state index is 13.2. The lowest BCUT2D eigenvalue weighted by Crippen LogP contribution is -2.35. The first-order valence-corrected chi connectivity index (χ1v) is 10.0. The minimum Gasteiger partial charge on any atom is -0.452 e. The number of halogens is 2. The SMILES string of the molecule is Cc1nn(Cc2ccccc2)c(C)c1C(=O)OCC(=O)NCC(=O)Nc1ccc(F)c(F)c1. The fourth-order valence-corrected chi connectivity index (χ4v) is 3.11. The highest BCUT2D eigenvalue weighted by Gasteiger charge is 2.21. The molecule has 0 fully saturated rings. The van der Waals surface area contributed by atoms with Gasteiger partial charge in [0, 0.05) is 11.8 Å². The zero-order valence-corrected chi connectivity index (χ0v) is 18.0. The smallest absolute Gasteiger partial charge is 0.342 e. The molecular weight excluding hydrogens is 434 g/mol. The van der Waals surface area contributed by atoms with E-state index in [0.717, 1.165) is 17.7 Å². The second-order valence-corrected chi connectivity index (χ2v) is 7.22. The Balaban J connectivity index is 1.49. The van der Waals surface area contributed by atoms with E-state index in [9.17, 15) is 23.2 Å². The molecule has 0 aliphatic heterocycles. The first-order valence-electron chi connectivity index (χ1n) is 10.0. The molecule has 0 aliphatic carbocycles. The summed E-state index contributed by atoms with van der Waals surface area (Å²) in [6.07, 6.45) is 0. The Bertz CT molecular complexity index is 1180. The highest BCUT2D eigenvalue weighted by atomic mass is 19.2. The number of anilines is 1. The highest BCUT2D eigenvalue weighted by molar-refractivity contribution is 5.96. The number of carbonyl (C=O) groups is 3. The predicted octanol–water partition coefficient (Wildman–Crippen LogP) is 2.74. The molecule has 172 valence electrons. The summed E-state index contributed by atoms with van der Waals surface area (Å²) in [7, 11) is 0. The third-order valence-corrected chi connectivity index (χ3v) is 4.74. The molecule has 0 saturated heterocycles. The van der Waals surface area contributed by atoms with Gasteiger partial charge in [0.05, 0.1) is 24.5 Å². The average Bonchev–Trinajstić information content (AvgIpc) is 3.06. The molecule has 8 nitrogen and oxygen atoms in total. The number of aryl methyl sites for hydroxylation is 1. The summed E-state index contributed by atoms with van der Waals surface area (Å²) in [5, 5.41) is 8.98. The lowest BCUT2D eigenvalue weighted by Gasteiger charge is -2.08. The van der Waals surface area contributed by atoms with Gasteiger partial charge in [-0.2, -0.15) is 5.10 Å². The molecule has 0 radical (unpaired) electrons. The lowest BCUT2D eigenvalue weighted by atomic mass is 10.2. The van der Waals surface area contributed by atoms with Gasteiger partial charge in [0.25, 0.3) is 5.91 Å². The third kappa shape index (κ3) is 6.22. The van der Waals surface area contributed by atoms with Crippen molar-refractivity contribution in [3.8, 4) is 0 Å². The number of nitrogens with one attached hydrogen (secondary N) is 2. The lowest BCUT2D eigenvalue weighted by molar-refractivity contribution is -0.126. The summed E-state index contributed by atoms with van der Waals surface area (Å²) in [6.45, 7) is 2.85. The molecule has 0 atom stereocenters. The number of amides is 2. The second kappa shape index (κ2) is 10.5. The van der Waals surface area contributed by atoms with Gasteiger partial charge in [-0.25, -0.2) is 13.6 Å². The number of benzene rings is 2. The number of nitrogens with zero attached hydrogens (tertiary/aromatic N) is 2. The Kier molecular flexibility index (Phi) is 7.50. The van der Waals surface area contributed by atoms with Crippen LogP contribution in [-0.4, -0.2) is 40.7 Å². The molecular formula is C23H22F2N4O4. The van der Waals surface area contributed by atoms with Crippen LogP contribution in [0.1, 0.15) is 27.3 Å². The summed E-state index contributed by atoms with van der Waals surface area (Å²) in [6, 6.07) is 12.5. The van der Waals surface area contributed by atoms with Crippen LogP contribution in [0.5, 0.6) is 0 Å². The summed E-state index contributed by atoms with van der Waals surface area (Å²) < 4.78 is 32.8. The van der Waals surface area contributed by atoms with Crippen LogP contribution in [0, 0.1) is 25.5 Å². The number of hydrogen-bond donors (Lipinski definition) is 2. The number of esters is 1. The van der Waals surface area contributed by atoms with Crippen molar-refractivity contribution in [2.45, 2.75) is 20.4 Å². The maximum atomic E-state index is 13.2. The molecule has 33 heavy (non-hydrogen) atoms. The van der Waals surface area contributed by atoms with E-state index in [2.05, 4.69) is 15.7 Å². The monoisotopic (exact) mass is 456 g/mol. The molecule has 2 N–H and O–H groups in total. The molecule has 0 bridgehead atoms. The molecule has 1 aromatic heterocycles. The van der Waals surface area contributed by atoms with Crippen molar-refractivity contribution in [2.24, 2.45) is 0 Å². The normalized spacial score (nSPS) is 10.5. The van der Waals surface area contributed by atoms with E-state index < -0.39 is 42.6 Å². The van der Waals surface area contributed by atoms with Gasteiger partial charge < -0.3 is 15.4 Å². The Morgan fingerprint density at radius 3 is 2.42 bits per heavy atom. The highest BCUT2D eigenvalue weighted by Crippen LogP contribution is 2.16. The predicted molar refractivity (Wildman–Crippen MR) is 116 cm³/mol. The van der Waals surface area contributed by atoms with E-state index in [1.54, 1.807) is 18.5 Å². The van der Waals surface area contributed by atoms with Crippen LogP contribution in [0.15, 0.2) is 48.5 Å². The second-order valence-electron chi connectivity index (χ2n) is 7.22. The number of carbonyl (C=O) groups excluding carboxylic acids is 3. The van der Waals surface area contributed by atoms with Crippen LogP contribution in [0.3, 0.4) is 0 Å². The van der Waals surface area contributed by atoms with Crippen molar-refractivity contribution in [3.05, 3.63) is 82.7 Å². The minimum absolute atomic E-state index is 0.0399. The average molecular weight is 456 g/mol. The molecule has 0 saturated carbocycles. The van der Waals surface area contributed by atoms with Crippen LogP contribution in [-0.2, 0) is 20.9 Å². The molecule has 0 spiro atoms. The zero-order valence-electron chi connectivity index (χ0n) is 18.0. The Morgan fingerprint density at radius 2 is 1.73 bits per heavy atom. The summed E-state index contributed by atoms with van der Waals surface area (Å²) in [5.41, 5.74) is 2.41. The summed E-state index contributed by atoms with van der Waals surface area (Å²) in [5.74, 6) is -4.21. The van der Waals surface area contributed by atoms with E-state index in [0.29, 0.717) is 17.9 Å². The van der Waals surface area contributed by atoms with Crippen molar-refractivity contribution in [1.82, 2.24) is 15.1 Å². The number of rotatable bonds is 8. The van der Waals surface area contributed by atoms with Crippen molar-refractivity contribution >= 4 is 23.5 Å². The molecule has 3 rings (SSSR count). The van der Waals surface area contributed by atoms with Crippen LogP contribution < -0.4 is 10.6 Å². The number of aromatic nitrogens is 2. The van der Waals surface area contributed by atoms with E-state index in [4.69, 9.17) is 4.74 Å². The van der Waals surface area contributed by atoms with Crippen LogP contribution in [0.2, 0.25) is 0 Å². The van der Waals surface area contributed by atoms with E-state index in [-0.39, 0.29) is 11.3 Å².